The largest absolute Gasteiger partial charge is 0.357 e. The van der Waals surface area contributed by atoms with E-state index in [-0.39, 0.29) is 11.9 Å². The smallest absolute Gasteiger partial charge is 0.270 e. The molecule has 1 aromatic heterocycles. The Labute approximate surface area is 115 Å². The molecule has 0 unspecified atom stereocenters. The van der Waals surface area contributed by atoms with Crippen LogP contribution in [0.1, 0.15) is 50.0 Å². The molecule has 0 aliphatic carbocycles. The lowest BCUT2D eigenvalue weighted by molar-refractivity contribution is 0.0938. The third-order valence-electron chi connectivity index (χ3n) is 3.32. The summed E-state index contributed by atoms with van der Waals surface area (Å²) in [5.74, 6) is 0.838. The highest BCUT2D eigenvalue weighted by Gasteiger charge is 2.14. The van der Waals surface area contributed by atoms with E-state index < -0.39 is 0 Å². The molecule has 0 radical (unpaired) electrons. The number of hydrogen-bond donors (Lipinski definition) is 1. The van der Waals surface area contributed by atoms with Crippen molar-refractivity contribution in [3.63, 3.8) is 0 Å². The highest BCUT2D eigenvalue weighted by atomic mass is 16.1. The van der Waals surface area contributed by atoms with Gasteiger partial charge < -0.3 is 10.2 Å². The van der Waals surface area contributed by atoms with Gasteiger partial charge >= 0.3 is 0 Å². The molecule has 0 spiro atoms. The van der Waals surface area contributed by atoms with Crippen LogP contribution in [0.2, 0.25) is 0 Å². The van der Waals surface area contributed by atoms with Crippen molar-refractivity contribution in [3.05, 3.63) is 23.9 Å². The Morgan fingerprint density at radius 2 is 1.89 bits per heavy atom. The second-order valence-electron chi connectivity index (χ2n) is 5.41. The summed E-state index contributed by atoms with van der Waals surface area (Å²) in [5, 5.41) is 2.88. The van der Waals surface area contributed by atoms with Crippen LogP contribution in [-0.4, -0.2) is 30.0 Å². The zero-order valence-electron chi connectivity index (χ0n) is 11.9. The average Bonchev–Trinajstić information content (AvgIpc) is 2.67. The summed E-state index contributed by atoms with van der Waals surface area (Å²) >= 11 is 0. The van der Waals surface area contributed by atoms with Crippen LogP contribution >= 0.6 is 0 Å². The molecular weight excluding hydrogens is 238 g/mol. The van der Waals surface area contributed by atoms with E-state index in [1.807, 2.05) is 26.0 Å². The fourth-order valence-corrected chi connectivity index (χ4v) is 2.36. The second-order valence-corrected chi connectivity index (χ2v) is 5.41. The minimum absolute atomic E-state index is 0.0910. The van der Waals surface area contributed by atoms with E-state index in [4.69, 9.17) is 0 Å². The fraction of sp³-hybridized carbons (Fsp3) is 0.600. The van der Waals surface area contributed by atoms with Gasteiger partial charge in [0.2, 0.25) is 0 Å². The highest BCUT2D eigenvalue weighted by Crippen LogP contribution is 2.17. The molecule has 4 nitrogen and oxygen atoms in total. The number of carbonyl (C=O) groups is 1. The van der Waals surface area contributed by atoms with Crippen molar-refractivity contribution in [1.82, 2.24) is 10.3 Å². The Hall–Kier alpha value is -1.58. The van der Waals surface area contributed by atoms with Gasteiger partial charge in [-0.25, -0.2) is 4.98 Å². The van der Waals surface area contributed by atoms with Crippen molar-refractivity contribution in [2.75, 3.05) is 18.0 Å². The molecule has 0 atom stereocenters. The van der Waals surface area contributed by atoms with E-state index in [2.05, 4.69) is 15.2 Å². The number of carbonyl (C=O) groups excluding carboxylic acids is 1. The molecule has 2 rings (SSSR count). The van der Waals surface area contributed by atoms with Gasteiger partial charge in [-0.2, -0.15) is 0 Å². The maximum Gasteiger partial charge on any atom is 0.270 e. The van der Waals surface area contributed by atoms with Crippen molar-refractivity contribution >= 4 is 11.7 Å². The Morgan fingerprint density at radius 3 is 2.53 bits per heavy atom. The van der Waals surface area contributed by atoms with Crippen molar-refractivity contribution in [1.29, 1.82) is 0 Å². The molecule has 19 heavy (non-hydrogen) atoms. The van der Waals surface area contributed by atoms with Crippen LogP contribution in [0.25, 0.3) is 0 Å². The van der Waals surface area contributed by atoms with Crippen molar-refractivity contribution in [2.45, 2.75) is 45.6 Å². The van der Waals surface area contributed by atoms with Crippen LogP contribution in [0.5, 0.6) is 0 Å². The lowest BCUT2D eigenvalue weighted by Crippen LogP contribution is -2.31. The summed E-state index contributed by atoms with van der Waals surface area (Å²) < 4.78 is 0. The number of amides is 1. The first kappa shape index (κ1) is 13.8. The molecule has 0 saturated carbocycles. The third-order valence-corrected chi connectivity index (χ3v) is 3.32. The summed E-state index contributed by atoms with van der Waals surface area (Å²) in [7, 11) is 0. The summed E-state index contributed by atoms with van der Waals surface area (Å²) in [6.07, 6.45) is 5.02. The van der Waals surface area contributed by atoms with E-state index in [0.29, 0.717) is 5.69 Å². The van der Waals surface area contributed by atoms with Crippen LogP contribution in [0.4, 0.5) is 5.82 Å². The number of nitrogens with one attached hydrogen (secondary N) is 1. The Bertz CT molecular complexity index is 423. The molecule has 1 aliphatic heterocycles. The molecule has 0 aromatic carbocycles. The van der Waals surface area contributed by atoms with Crippen LogP contribution < -0.4 is 10.2 Å². The van der Waals surface area contributed by atoms with Gasteiger partial charge in [-0.15, -0.1) is 0 Å². The first-order valence-corrected chi connectivity index (χ1v) is 7.19. The van der Waals surface area contributed by atoms with Crippen molar-refractivity contribution < 1.29 is 4.79 Å². The Balaban J connectivity index is 2.11. The number of aromatic nitrogens is 1. The standard InChI is InChI=1S/C15H23N3O/c1-12(2)16-15(19)13-8-7-9-14(17-13)18-10-5-3-4-6-11-18/h7-9,12H,3-6,10-11H2,1-2H3,(H,16,19). The summed E-state index contributed by atoms with van der Waals surface area (Å²) in [6.45, 7) is 6.00. The Morgan fingerprint density at radius 1 is 1.21 bits per heavy atom. The molecule has 1 aliphatic rings. The Kier molecular flexibility index (Phi) is 4.77. The minimum atomic E-state index is -0.0910. The molecular formula is C15H23N3O. The van der Waals surface area contributed by atoms with E-state index >= 15 is 0 Å². The van der Waals surface area contributed by atoms with Gasteiger partial charge in [-0.1, -0.05) is 18.9 Å². The maximum atomic E-state index is 12.0. The van der Waals surface area contributed by atoms with E-state index in [0.717, 1.165) is 18.9 Å². The molecule has 0 bridgehead atoms. The van der Waals surface area contributed by atoms with E-state index in [1.165, 1.54) is 25.7 Å². The van der Waals surface area contributed by atoms with Gasteiger partial charge in [0.15, 0.2) is 0 Å². The molecule has 1 aromatic rings. The molecule has 104 valence electrons. The van der Waals surface area contributed by atoms with Crippen LogP contribution in [0, 0.1) is 0 Å². The van der Waals surface area contributed by atoms with Gasteiger partial charge in [0, 0.05) is 19.1 Å². The quantitative estimate of drug-likeness (QED) is 0.909. The summed E-state index contributed by atoms with van der Waals surface area (Å²) in [5.41, 5.74) is 0.510. The van der Waals surface area contributed by atoms with Crippen LogP contribution in [0.3, 0.4) is 0 Å². The first-order chi connectivity index (χ1) is 9.16. The molecule has 1 saturated heterocycles. The van der Waals surface area contributed by atoms with Crippen molar-refractivity contribution in [3.8, 4) is 0 Å². The van der Waals surface area contributed by atoms with Gasteiger partial charge in [-0.3, -0.25) is 4.79 Å². The molecule has 2 heterocycles. The molecule has 1 N–H and O–H groups in total. The lowest BCUT2D eigenvalue weighted by Gasteiger charge is -2.21. The third kappa shape index (κ3) is 3.94. The highest BCUT2D eigenvalue weighted by molar-refractivity contribution is 5.92. The topological polar surface area (TPSA) is 45.2 Å². The number of hydrogen-bond acceptors (Lipinski definition) is 3. The van der Waals surface area contributed by atoms with Crippen LogP contribution in [0.15, 0.2) is 18.2 Å². The number of pyridine rings is 1. The predicted octanol–water partition coefficient (Wildman–Crippen LogP) is 2.60. The zero-order valence-corrected chi connectivity index (χ0v) is 11.9. The van der Waals surface area contributed by atoms with Gasteiger partial charge in [0.25, 0.3) is 5.91 Å². The maximum absolute atomic E-state index is 12.0. The summed E-state index contributed by atoms with van der Waals surface area (Å²) in [4.78, 5) is 18.8. The summed E-state index contributed by atoms with van der Waals surface area (Å²) in [6, 6.07) is 5.83. The number of anilines is 1. The number of rotatable bonds is 3. The second kappa shape index (κ2) is 6.55. The van der Waals surface area contributed by atoms with Gasteiger partial charge in [0.1, 0.15) is 11.5 Å². The normalized spacial score (nSPS) is 16.3. The van der Waals surface area contributed by atoms with Gasteiger partial charge in [-0.05, 0) is 38.8 Å². The van der Waals surface area contributed by atoms with Gasteiger partial charge in [0.05, 0.1) is 0 Å². The number of nitrogens with zero attached hydrogens (tertiary/aromatic N) is 2. The van der Waals surface area contributed by atoms with Crippen molar-refractivity contribution in [2.24, 2.45) is 0 Å². The molecule has 1 fully saturated rings. The monoisotopic (exact) mass is 261 g/mol. The van der Waals surface area contributed by atoms with E-state index in [1.54, 1.807) is 6.07 Å². The minimum Gasteiger partial charge on any atom is -0.357 e. The first-order valence-electron chi connectivity index (χ1n) is 7.19. The fourth-order valence-electron chi connectivity index (χ4n) is 2.36. The molecule has 4 heteroatoms. The SMILES string of the molecule is CC(C)NC(=O)c1cccc(N2CCCCCC2)n1. The zero-order chi connectivity index (χ0) is 13.7. The predicted molar refractivity (Wildman–Crippen MR) is 77.5 cm³/mol. The van der Waals surface area contributed by atoms with Crippen LogP contribution in [-0.2, 0) is 0 Å². The average molecular weight is 261 g/mol. The lowest BCUT2D eigenvalue weighted by atomic mass is 10.2. The molecule has 1 amide bonds. The van der Waals surface area contributed by atoms with E-state index in [9.17, 15) is 4.79 Å².